The van der Waals surface area contributed by atoms with Crippen LogP contribution in [-0.2, 0) is 27.1 Å². The lowest BCUT2D eigenvalue weighted by Gasteiger charge is -2.36. The molecule has 0 amide bonds. The summed E-state index contributed by atoms with van der Waals surface area (Å²) in [4.78, 5) is 4.12. The Hall–Kier alpha value is -14.1. The lowest BCUT2D eigenvalue weighted by molar-refractivity contribution is 0.482. The van der Waals surface area contributed by atoms with Crippen LogP contribution >= 0.6 is 0 Å². The number of hydrogen-bond donors (Lipinski definition) is 0. The molecule has 0 aromatic heterocycles. The van der Waals surface area contributed by atoms with E-state index in [0.29, 0.717) is 57.1 Å². The molecule has 1 spiro atoms. The van der Waals surface area contributed by atoms with E-state index in [-0.39, 0.29) is 10.8 Å². The van der Waals surface area contributed by atoms with Crippen molar-refractivity contribution in [3.8, 4) is 67.5 Å². The molecule has 0 heterocycles. The molecule has 0 aliphatic heterocycles. The molecule has 0 bridgehead atoms. The third-order valence-electron chi connectivity index (χ3n) is 25.1. The summed E-state index contributed by atoms with van der Waals surface area (Å²) in [7, 11) is 0. The molecule has 4 nitrogen and oxygen atoms in total. The van der Waals surface area contributed by atoms with Crippen molar-refractivity contribution in [1.29, 1.82) is 0 Å². The quantitative estimate of drug-likeness (QED) is 0.0900. The number of halogens is 4. The van der Waals surface area contributed by atoms with Gasteiger partial charge >= 0.3 is 0 Å². The van der Waals surface area contributed by atoms with Gasteiger partial charge in [-0.25, -0.2) is 17.6 Å². The van der Waals surface area contributed by atoms with Crippen molar-refractivity contribution in [3.63, 3.8) is 0 Å². The van der Waals surface area contributed by atoms with Gasteiger partial charge < -0.3 is 19.3 Å². The summed E-state index contributed by atoms with van der Waals surface area (Å²) >= 11 is 0. The second-order valence-corrected chi connectivity index (χ2v) is 33.7. The van der Waals surface area contributed by atoms with Crippen molar-refractivity contribution >= 4 is 46.3 Å². The third-order valence-corrected chi connectivity index (χ3v) is 25.1. The number of rotatable bonds is 16. The molecular formula is C111H82F4N2O2. The molecule has 576 valence electrons. The van der Waals surface area contributed by atoms with Gasteiger partial charge in [0.15, 0.2) is 23.3 Å². The highest BCUT2D eigenvalue weighted by atomic mass is 19.2. The molecule has 0 N–H and O–H groups in total. The molecule has 16 aromatic carbocycles. The zero-order chi connectivity index (χ0) is 81.4. The standard InChI is InChI=1S/C111H82F4N2O2/c1-9-69-27-49-83(50-28-69)118-85-53-39-75(40-54-85)109(73-35-31-71(32-36-73)107(3,4)5)95-23-15-11-19-87(95)91-57-43-77(63-99(91)109)116(81-47-61-103(112)105(114)67-81)79-45-59-93-89-21-13-17-25-97(89)111(101(93)65-79)98-26-18-14-22-90(98)94-60-46-80(66-102(94)111)117(82-48-62-104(113)106(115)68-82)78-44-58-92-88-20-12-16-24-96(88)110(100(92)64-78,74-37-33-72(34-38-74)108(6,7)8)76-41-55-86(56-42-76)119-84-51-29-70(10-2)30-52-84/h9-68H,1-2H2,3-8H3. The summed E-state index contributed by atoms with van der Waals surface area (Å²) in [5.41, 5.74) is 25.5. The maximum absolute atomic E-state index is 16.6. The van der Waals surface area contributed by atoms with Crippen LogP contribution in [0.2, 0.25) is 0 Å². The minimum absolute atomic E-state index is 0.136. The number of nitrogens with zero attached hydrogens (tertiary/aromatic N) is 2. The Kier molecular flexibility index (Phi) is 17.4. The zero-order valence-corrected chi connectivity index (χ0v) is 66.8. The topological polar surface area (TPSA) is 24.9 Å². The second kappa shape index (κ2) is 28.1. The normalized spacial score (nSPS) is 16.2. The minimum Gasteiger partial charge on any atom is -0.457 e. The Morgan fingerprint density at radius 2 is 0.479 bits per heavy atom. The summed E-state index contributed by atoms with van der Waals surface area (Å²) in [6, 6.07) is 119. The number of benzene rings is 16. The molecule has 0 fully saturated rings. The van der Waals surface area contributed by atoms with Crippen LogP contribution in [0.25, 0.3) is 56.7 Å². The molecule has 0 radical (unpaired) electrons. The van der Waals surface area contributed by atoms with Crippen LogP contribution in [0, 0.1) is 23.3 Å². The van der Waals surface area contributed by atoms with Crippen LogP contribution < -0.4 is 19.3 Å². The van der Waals surface area contributed by atoms with Crippen molar-refractivity contribution < 1.29 is 27.0 Å². The maximum atomic E-state index is 16.6. The van der Waals surface area contributed by atoms with E-state index in [1.165, 1.54) is 35.4 Å². The van der Waals surface area contributed by atoms with Gasteiger partial charge in [0.25, 0.3) is 0 Å². The van der Waals surface area contributed by atoms with E-state index in [0.717, 1.165) is 122 Å². The van der Waals surface area contributed by atoms with Crippen molar-refractivity contribution in [1.82, 2.24) is 0 Å². The van der Waals surface area contributed by atoms with Gasteiger partial charge in [0.1, 0.15) is 23.0 Å². The van der Waals surface area contributed by atoms with Gasteiger partial charge in [-0.1, -0.05) is 285 Å². The van der Waals surface area contributed by atoms with Crippen LogP contribution in [0.3, 0.4) is 0 Å². The monoisotopic (exact) mass is 1550 g/mol. The van der Waals surface area contributed by atoms with E-state index in [9.17, 15) is 0 Å². The van der Waals surface area contributed by atoms with E-state index in [2.05, 4.69) is 307 Å². The van der Waals surface area contributed by atoms with Crippen LogP contribution in [-0.4, -0.2) is 0 Å². The highest BCUT2D eigenvalue weighted by Crippen LogP contribution is 2.66. The van der Waals surface area contributed by atoms with Gasteiger partial charge in [0.2, 0.25) is 0 Å². The van der Waals surface area contributed by atoms with Gasteiger partial charge in [-0.3, -0.25) is 0 Å². The molecule has 4 aliphatic carbocycles. The maximum Gasteiger partial charge on any atom is 0.160 e. The van der Waals surface area contributed by atoms with E-state index < -0.39 is 39.5 Å². The van der Waals surface area contributed by atoms with Gasteiger partial charge in [-0.15, -0.1) is 0 Å². The first-order valence-electron chi connectivity index (χ1n) is 40.5. The summed E-state index contributed by atoms with van der Waals surface area (Å²) in [6.45, 7) is 21.3. The highest BCUT2D eigenvalue weighted by Gasteiger charge is 2.54. The number of anilines is 6. The van der Waals surface area contributed by atoms with Crippen molar-refractivity contribution in [3.05, 3.63) is 477 Å². The molecule has 2 unspecified atom stereocenters. The molecular weight excluding hydrogens is 1470 g/mol. The molecule has 0 saturated carbocycles. The summed E-state index contributed by atoms with van der Waals surface area (Å²) < 4.78 is 77.9. The van der Waals surface area contributed by atoms with E-state index in [1.807, 2.05) is 84.9 Å². The molecule has 119 heavy (non-hydrogen) atoms. The van der Waals surface area contributed by atoms with Gasteiger partial charge in [-0.05, 0) is 266 Å². The van der Waals surface area contributed by atoms with E-state index >= 15 is 17.6 Å². The van der Waals surface area contributed by atoms with E-state index in [4.69, 9.17) is 9.47 Å². The fourth-order valence-corrected chi connectivity index (χ4v) is 19.5. The summed E-state index contributed by atoms with van der Waals surface area (Å²) in [5, 5.41) is 0. The Balaban J connectivity index is 0.776. The average molecular weight is 1550 g/mol. The van der Waals surface area contributed by atoms with Gasteiger partial charge in [-0.2, -0.15) is 0 Å². The smallest absolute Gasteiger partial charge is 0.160 e. The molecule has 2 atom stereocenters. The summed E-state index contributed by atoms with van der Waals surface area (Å²) in [5.74, 6) is -1.17. The Morgan fingerprint density at radius 1 is 0.244 bits per heavy atom. The van der Waals surface area contributed by atoms with E-state index in [1.54, 1.807) is 12.1 Å². The number of fused-ring (bicyclic) bond motifs is 16. The molecule has 4 aliphatic rings. The van der Waals surface area contributed by atoms with Crippen molar-refractivity contribution in [2.45, 2.75) is 68.6 Å². The SMILES string of the molecule is C=Cc1ccc(Oc2ccc(C3(c4ccc(C(C)(C)C)cc4)c4ccccc4-c4ccc(N(c5ccc(F)c(F)c5)c5ccc6c(c5)C5(c7ccccc7-6)c6ccccc6-c6ccc(N(c7ccc(F)c(F)c7)c7ccc8c(c7)C(c7ccc(Oc9ccc(C=C)cc9)cc7)(c7ccc(C(C)(C)C)cc7)c7ccccc7-8)cc65)cc43)cc2)cc1. The Labute approximate surface area is 692 Å². The lowest BCUT2D eigenvalue weighted by Crippen LogP contribution is -2.29. The average Bonchev–Trinajstić information content (AvgIpc) is 1.50. The Morgan fingerprint density at radius 3 is 0.756 bits per heavy atom. The summed E-state index contributed by atoms with van der Waals surface area (Å²) in [6.07, 6.45) is 3.62. The first-order valence-corrected chi connectivity index (χ1v) is 40.5. The Bertz CT molecular complexity index is 6360. The third kappa shape index (κ3) is 11.7. The fraction of sp³-hybridized carbons (Fsp3) is 0.0991. The number of hydrogen-bond acceptors (Lipinski definition) is 4. The molecule has 16 aromatic rings. The van der Waals surface area contributed by atoms with Gasteiger partial charge in [0.05, 0.1) is 16.2 Å². The second-order valence-electron chi connectivity index (χ2n) is 33.7. The zero-order valence-electron chi connectivity index (χ0n) is 66.8. The largest absolute Gasteiger partial charge is 0.457 e. The molecule has 20 rings (SSSR count). The van der Waals surface area contributed by atoms with Crippen molar-refractivity contribution in [2.24, 2.45) is 0 Å². The van der Waals surface area contributed by atoms with Crippen LogP contribution in [0.5, 0.6) is 23.0 Å². The molecule has 8 heteroatoms. The highest BCUT2D eigenvalue weighted by molar-refractivity contribution is 5.99. The first kappa shape index (κ1) is 73.8. The van der Waals surface area contributed by atoms with Crippen LogP contribution in [0.15, 0.2) is 365 Å². The fourth-order valence-electron chi connectivity index (χ4n) is 19.5. The first-order chi connectivity index (χ1) is 57.7. The predicted octanol–water partition coefficient (Wildman–Crippen LogP) is 29.7. The number of ether oxygens (including phenoxy) is 2. The van der Waals surface area contributed by atoms with Crippen LogP contribution in [0.4, 0.5) is 51.7 Å². The lowest BCUT2D eigenvalue weighted by atomic mass is 9.67. The van der Waals surface area contributed by atoms with Crippen molar-refractivity contribution in [2.75, 3.05) is 9.80 Å². The van der Waals surface area contributed by atoms with Gasteiger partial charge in [0, 0.05) is 46.3 Å². The predicted molar refractivity (Wildman–Crippen MR) is 477 cm³/mol. The minimum atomic E-state index is -1.03. The van der Waals surface area contributed by atoms with Crippen LogP contribution in [0.1, 0.15) is 131 Å². The molecule has 0 saturated heterocycles.